The van der Waals surface area contributed by atoms with Crippen molar-refractivity contribution in [3.05, 3.63) is 0 Å². The molecule has 1 N–H and O–H groups in total. The molecule has 1 nitrogen and oxygen atoms in total. The Hall–Kier alpha value is 0.1000. The Morgan fingerprint density at radius 2 is 1.82 bits per heavy atom. The van der Waals surface area contributed by atoms with E-state index >= 15 is 0 Å². The van der Waals surface area contributed by atoms with Gasteiger partial charge in [0.05, 0.1) is 0 Å². The van der Waals surface area contributed by atoms with Crippen molar-refractivity contribution >= 4 is 11.8 Å². The molecule has 0 aromatic rings. The molecule has 0 heterocycles. The maximum Gasteiger partial charge on any atom is 0.441 e. The Morgan fingerprint density at radius 1 is 1.18 bits per heavy atom. The van der Waals surface area contributed by atoms with E-state index in [1.54, 1.807) is 0 Å². The first-order valence-electron chi connectivity index (χ1n) is 6.33. The molecular formula is C12H20F3NS. The van der Waals surface area contributed by atoms with Crippen LogP contribution >= 0.6 is 11.8 Å². The smallest absolute Gasteiger partial charge is 0.313 e. The molecule has 0 spiro atoms. The molecule has 2 aliphatic rings. The second kappa shape index (κ2) is 5.00. The summed E-state index contributed by atoms with van der Waals surface area (Å²) in [5.41, 5.74) is -4.00. The fraction of sp³-hybridized carbons (Fsp3) is 1.00. The number of hydrogen-bond donors (Lipinski definition) is 1. The summed E-state index contributed by atoms with van der Waals surface area (Å²) < 4.78 is 36.4. The van der Waals surface area contributed by atoms with E-state index in [0.717, 1.165) is 6.54 Å². The molecule has 0 radical (unpaired) electrons. The highest BCUT2D eigenvalue weighted by molar-refractivity contribution is 8.00. The molecule has 5 heteroatoms. The van der Waals surface area contributed by atoms with Gasteiger partial charge in [0.2, 0.25) is 0 Å². The van der Waals surface area contributed by atoms with Crippen molar-refractivity contribution in [2.24, 2.45) is 11.3 Å². The Morgan fingerprint density at radius 3 is 2.29 bits per heavy atom. The van der Waals surface area contributed by atoms with E-state index in [-0.39, 0.29) is 22.9 Å². The second-order valence-electron chi connectivity index (χ2n) is 5.63. The molecular weight excluding hydrogens is 247 g/mol. The summed E-state index contributed by atoms with van der Waals surface area (Å²) in [6.07, 6.45) is 5.52. The van der Waals surface area contributed by atoms with Gasteiger partial charge < -0.3 is 5.32 Å². The molecule has 0 aromatic heterocycles. The lowest BCUT2D eigenvalue weighted by molar-refractivity contribution is -0.0329. The van der Waals surface area contributed by atoms with Gasteiger partial charge in [-0.3, -0.25) is 0 Å². The van der Waals surface area contributed by atoms with Crippen molar-refractivity contribution in [1.82, 2.24) is 5.32 Å². The molecule has 2 fully saturated rings. The van der Waals surface area contributed by atoms with E-state index in [1.165, 1.54) is 25.7 Å². The first-order chi connectivity index (χ1) is 7.89. The Balaban J connectivity index is 1.74. The zero-order valence-electron chi connectivity index (χ0n) is 10.1. The molecule has 2 aliphatic carbocycles. The summed E-state index contributed by atoms with van der Waals surface area (Å²) in [4.78, 5) is 0. The predicted octanol–water partition coefficient (Wildman–Crippen LogP) is 3.80. The third kappa shape index (κ3) is 4.70. The van der Waals surface area contributed by atoms with Gasteiger partial charge in [-0.2, -0.15) is 13.2 Å². The fourth-order valence-electron chi connectivity index (χ4n) is 2.28. The Kier molecular flexibility index (Phi) is 3.98. The molecule has 0 saturated heterocycles. The quantitative estimate of drug-likeness (QED) is 0.753. The Labute approximate surface area is 105 Å². The summed E-state index contributed by atoms with van der Waals surface area (Å²) in [7, 11) is 0. The van der Waals surface area contributed by atoms with Gasteiger partial charge in [-0.05, 0) is 43.4 Å². The van der Waals surface area contributed by atoms with Gasteiger partial charge >= 0.3 is 5.51 Å². The predicted molar refractivity (Wildman–Crippen MR) is 65.0 cm³/mol. The second-order valence-corrected chi connectivity index (χ2v) is 6.79. The Bertz CT molecular complexity index is 261. The van der Waals surface area contributed by atoms with Crippen LogP contribution in [0.15, 0.2) is 0 Å². The third-order valence-electron chi connectivity index (χ3n) is 3.87. The average Bonchev–Trinajstić information content (AvgIpc) is 3.04. The molecule has 1 unspecified atom stereocenters. The first kappa shape index (κ1) is 13.5. The monoisotopic (exact) mass is 267 g/mol. The number of nitrogens with one attached hydrogen (secondary N) is 1. The summed E-state index contributed by atoms with van der Waals surface area (Å²) in [6, 6.07) is 0.642. The van der Waals surface area contributed by atoms with Crippen LogP contribution in [0.3, 0.4) is 0 Å². The van der Waals surface area contributed by atoms with Crippen molar-refractivity contribution in [3.8, 4) is 0 Å². The number of halogens is 3. The van der Waals surface area contributed by atoms with E-state index in [4.69, 9.17) is 0 Å². The van der Waals surface area contributed by atoms with Gasteiger partial charge in [0, 0.05) is 18.3 Å². The molecule has 0 bridgehead atoms. The van der Waals surface area contributed by atoms with Gasteiger partial charge in [0.15, 0.2) is 0 Å². The van der Waals surface area contributed by atoms with Gasteiger partial charge in [-0.25, -0.2) is 0 Å². The largest absolute Gasteiger partial charge is 0.441 e. The van der Waals surface area contributed by atoms with Crippen LogP contribution in [0.4, 0.5) is 13.2 Å². The molecule has 2 saturated carbocycles. The number of rotatable bonds is 7. The number of hydrogen-bond acceptors (Lipinski definition) is 2. The van der Waals surface area contributed by atoms with Gasteiger partial charge in [0.25, 0.3) is 0 Å². The lowest BCUT2D eigenvalue weighted by atomic mass is 9.82. The third-order valence-corrected chi connectivity index (χ3v) is 4.61. The van der Waals surface area contributed by atoms with E-state index in [1.807, 2.05) is 0 Å². The van der Waals surface area contributed by atoms with Crippen LogP contribution < -0.4 is 5.32 Å². The summed E-state index contributed by atoms with van der Waals surface area (Å²) in [5.74, 6) is 0.839. The summed E-state index contributed by atoms with van der Waals surface area (Å²) in [5, 5.41) is 3.48. The van der Waals surface area contributed by atoms with Crippen LogP contribution in [-0.2, 0) is 0 Å². The zero-order valence-corrected chi connectivity index (χ0v) is 11.0. The van der Waals surface area contributed by atoms with Crippen LogP contribution in [-0.4, -0.2) is 23.8 Å². The fourth-order valence-corrected chi connectivity index (χ4v) is 3.08. The lowest BCUT2D eigenvalue weighted by Crippen LogP contribution is -2.35. The van der Waals surface area contributed by atoms with Gasteiger partial charge in [-0.1, -0.05) is 18.7 Å². The molecule has 0 aliphatic heterocycles. The molecule has 2 rings (SSSR count). The minimum Gasteiger partial charge on any atom is -0.313 e. The first-order valence-corrected chi connectivity index (χ1v) is 7.32. The SMILES string of the molecule is CC(CCSC(F)(F)F)(CNC1CC1)C1CC1. The summed E-state index contributed by atoms with van der Waals surface area (Å²) in [6.45, 7) is 3.04. The number of alkyl halides is 3. The zero-order chi connectivity index (χ0) is 12.5. The van der Waals surface area contributed by atoms with Crippen molar-refractivity contribution in [3.63, 3.8) is 0 Å². The molecule has 0 aromatic carbocycles. The molecule has 0 amide bonds. The number of thioether (sulfide) groups is 1. The lowest BCUT2D eigenvalue weighted by Gasteiger charge is -2.30. The van der Waals surface area contributed by atoms with Crippen LogP contribution in [0.2, 0.25) is 0 Å². The maximum atomic E-state index is 12.1. The topological polar surface area (TPSA) is 12.0 Å². The highest BCUT2D eigenvalue weighted by Crippen LogP contribution is 2.48. The van der Waals surface area contributed by atoms with E-state index < -0.39 is 5.51 Å². The van der Waals surface area contributed by atoms with Crippen LogP contribution in [0.25, 0.3) is 0 Å². The van der Waals surface area contributed by atoms with Gasteiger partial charge in [-0.15, -0.1) is 0 Å². The minimum absolute atomic E-state index is 0.0703. The van der Waals surface area contributed by atoms with Crippen molar-refractivity contribution in [2.45, 2.75) is 50.6 Å². The van der Waals surface area contributed by atoms with Crippen molar-refractivity contribution < 1.29 is 13.2 Å². The molecule has 1 atom stereocenters. The van der Waals surface area contributed by atoms with Crippen LogP contribution in [0.5, 0.6) is 0 Å². The molecule has 17 heavy (non-hydrogen) atoms. The maximum absolute atomic E-state index is 12.1. The van der Waals surface area contributed by atoms with Crippen LogP contribution in [0, 0.1) is 11.3 Å². The van der Waals surface area contributed by atoms with Crippen LogP contribution in [0.1, 0.15) is 39.0 Å². The van der Waals surface area contributed by atoms with E-state index in [0.29, 0.717) is 18.4 Å². The van der Waals surface area contributed by atoms with E-state index in [2.05, 4.69) is 12.2 Å². The molecule has 100 valence electrons. The normalized spacial score (nSPS) is 24.7. The average molecular weight is 267 g/mol. The standard InChI is InChI=1S/C12H20F3NS/c1-11(9-2-3-9,8-16-10-4-5-10)6-7-17-12(13,14)15/h9-10,16H,2-8H2,1H3. The minimum atomic E-state index is -4.08. The highest BCUT2D eigenvalue weighted by Gasteiger charge is 2.42. The summed E-state index contributed by atoms with van der Waals surface area (Å²) >= 11 is 0.128. The van der Waals surface area contributed by atoms with Crippen molar-refractivity contribution in [2.75, 3.05) is 12.3 Å². The highest BCUT2D eigenvalue weighted by atomic mass is 32.2. The van der Waals surface area contributed by atoms with Crippen molar-refractivity contribution in [1.29, 1.82) is 0 Å². The van der Waals surface area contributed by atoms with E-state index in [9.17, 15) is 13.2 Å². The van der Waals surface area contributed by atoms with Gasteiger partial charge in [0.1, 0.15) is 0 Å².